The molecule has 10 atom stereocenters. The number of fused-ring (bicyclic) bond motifs is 1. The van der Waals surface area contributed by atoms with Crippen LogP contribution in [0.15, 0.2) is 6.33 Å². The van der Waals surface area contributed by atoms with Crippen LogP contribution in [0.2, 0.25) is 0 Å². The molecule has 0 aromatic carbocycles. The van der Waals surface area contributed by atoms with E-state index in [0.29, 0.717) is 0 Å². The van der Waals surface area contributed by atoms with Crippen molar-refractivity contribution >= 4 is 48.4 Å². The largest absolute Gasteiger partial charge is 0.490 e. The van der Waals surface area contributed by atoms with Crippen molar-refractivity contribution in [2.45, 2.75) is 49.1 Å². The Kier molecular flexibility index (Phi) is 10.6. The first-order valence-corrected chi connectivity index (χ1v) is 17.8. The zero-order valence-corrected chi connectivity index (χ0v) is 25.3. The number of hydrogen-bond acceptors (Lipinski definition) is 19. The lowest BCUT2D eigenvalue weighted by molar-refractivity contribution is -0.117. The van der Waals surface area contributed by atoms with Crippen LogP contribution in [0.5, 0.6) is 5.88 Å². The predicted octanol–water partition coefficient (Wildman–Crippen LogP) is -3.69. The highest BCUT2D eigenvalue weighted by atomic mass is 31.3. The molecule has 0 aliphatic carbocycles. The van der Waals surface area contributed by atoms with Gasteiger partial charge < -0.3 is 69.7 Å². The summed E-state index contributed by atoms with van der Waals surface area (Å²) < 4.78 is 78.3. The number of ether oxygens (including phenoxy) is 3. The average molecular weight is 735 g/mol. The Labute approximate surface area is 248 Å². The van der Waals surface area contributed by atoms with Gasteiger partial charge in [-0.05, 0) is 0 Å². The van der Waals surface area contributed by atoms with Crippen molar-refractivity contribution in [3.05, 3.63) is 6.33 Å². The van der Waals surface area contributed by atoms with Crippen molar-refractivity contribution < 1.29 is 99.9 Å². The molecule has 2 unspecified atom stereocenters. The Morgan fingerprint density at radius 1 is 0.778 bits per heavy atom. The fraction of sp³-hybridized carbons (Fsp3) is 0.667. The molecule has 4 heterocycles. The van der Waals surface area contributed by atoms with E-state index in [0.717, 1.165) is 10.9 Å². The summed E-state index contributed by atoms with van der Waals surface area (Å²) in [5, 5.41) is 41.4. The summed E-state index contributed by atoms with van der Waals surface area (Å²) in [6, 6.07) is 0. The second kappa shape index (κ2) is 13.1. The van der Waals surface area contributed by atoms with Crippen LogP contribution >= 0.6 is 31.3 Å². The Bertz CT molecular complexity index is 1580. The zero-order valence-electron chi connectivity index (χ0n) is 21.7. The Morgan fingerprint density at radius 3 is 2.00 bits per heavy atom. The second-order valence-corrected chi connectivity index (χ2v) is 14.7. The average Bonchev–Trinajstić information content (AvgIpc) is 3.49. The van der Waals surface area contributed by atoms with E-state index in [2.05, 4.69) is 32.6 Å². The van der Waals surface area contributed by atoms with Gasteiger partial charge in [0.25, 0.3) is 0 Å². The van der Waals surface area contributed by atoms with Crippen molar-refractivity contribution in [1.29, 1.82) is 0 Å². The molecule has 2 aromatic rings. The number of rotatable bonds is 13. The molecule has 256 valence electrons. The third-order valence-corrected chi connectivity index (χ3v) is 10.1. The molecule has 2 fully saturated rings. The van der Waals surface area contributed by atoms with Crippen molar-refractivity contribution in [3.63, 3.8) is 0 Å². The number of hydrogen-bond donors (Lipinski definition) is 11. The molecule has 30 heteroatoms. The summed E-state index contributed by atoms with van der Waals surface area (Å²) in [6.07, 6.45) is -12.6. The van der Waals surface area contributed by atoms with Crippen LogP contribution in [-0.4, -0.2) is 125 Å². The maximum Gasteiger partial charge on any atom is 0.490 e. The minimum atomic E-state index is -5.83. The van der Waals surface area contributed by atoms with Gasteiger partial charge in [0.05, 0.1) is 19.5 Å². The Balaban J connectivity index is 1.48. The lowest BCUT2D eigenvalue weighted by Gasteiger charge is -2.19. The van der Waals surface area contributed by atoms with Crippen molar-refractivity contribution in [2.24, 2.45) is 0 Å². The van der Waals surface area contributed by atoms with Gasteiger partial charge in [-0.25, -0.2) is 23.2 Å². The predicted molar refractivity (Wildman–Crippen MR) is 135 cm³/mol. The number of aliphatic hydroxyl groups excluding tert-OH is 4. The minimum absolute atomic E-state index is 0.216. The normalized spacial score (nSPS) is 32.0. The third kappa shape index (κ3) is 9.07. The molecule has 12 N–H and O–H groups in total. The zero-order chi connectivity index (χ0) is 33.7. The molecular weight excluding hydrogens is 710 g/mol. The van der Waals surface area contributed by atoms with E-state index in [1.807, 2.05) is 0 Å². The van der Waals surface area contributed by atoms with Crippen molar-refractivity contribution in [3.8, 4) is 5.88 Å². The van der Waals surface area contributed by atoms with Gasteiger partial charge in [-0.15, -0.1) is 0 Å². The molecule has 2 aliphatic rings. The number of phosphoric acid groups is 4. The van der Waals surface area contributed by atoms with Gasteiger partial charge in [0.2, 0.25) is 18.1 Å². The number of nitrogens with two attached hydrogens (primary N) is 1. The molecule has 2 aromatic heterocycles. The van der Waals surface area contributed by atoms with Crippen molar-refractivity contribution in [1.82, 2.24) is 19.5 Å². The highest BCUT2D eigenvalue weighted by Gasteiger charge is 2.48. The summed E-state index contributed by atoms with van der Waals surface area (Å²) in [4.78, 5) is 65.5. The smallest absolute Gasteiger partial charge is 0.443 e. The number of nitrogens with zero attached hydrogens (tertiary/aromatic N) is 4. The number of aromatic nitrogens is 4. The van der Waals surface area contributed by atoms with Gasteiger partial charge >= 0.3 is 31.3 Å². The van der Waals surface area contributed by atoms with E-state index in [1.165, 1.54) is 0 Å². The summed E-state index contributed by atoms with van der Waals surface area (Å²) in [5.41, 5.74) is 5.29. The lowest BCUT2D eigenvalue weighted by Crippen LogP contribution is -2.36. The van der Waals surface area contributed by atoms with Gasteiger partial charge in [-0.2, -0.15) is 18.6 Å². The lowest BCUT2D eigenvalue weighted by atomic mass is 10.1. The monoisotopic (exact) mass is 735 g/mol. The molecule has 26 nitrogen and oxygen atoms in total. The van der Waals surface area contributed by atoms with E-state index in [-0.39, 0.29) is 11.2 Å². The van der Waals surface area contributed by atoms with Crippen LogP contribution in [-0.2, 0) is 45.4 Å². The van der Waals surface area contributed by atoms with Gasteiger partial charge in [-0.3, -0.25) is 13.6 Å². The topological polar surface area (TPSA) is 405 Å². The van der Waals surface area contributed by atoms with Gasteiger partial charge in [-0.1, -0.05) is 0 Å². The van der Waals surface area contributed by atoms with Crippen LogP contribution in [0, 0.1) is 0 Å². The molecular formula is C15H25N5O21P4. The van der Waals surface area contributed by atoms with Crippen LogP contribution in [0.1, 0.15) is 6.23 Å². The van der Waals surface area contributed by atoms with E-state index in [9.17, 15) is 48.5 Å². The summed E-state index contributed by atoms with van der Waals surface area (Å²) in [5.74, 6) is -0.938. The number of imidazole rings is 1. The Hall–Kier alpha value is -1.57. The van der Waals surface area contributed by atoms with Crippen LogP contribution < -0.4 is 10.5 Å². The van der Waals surface area contributed by atoms with Crippen LogP contribution in [0.3, 0.4) is 0 Å². The van der Waals surface area contributed by atoms with Gasteiger partial charge in [0.1, 0.15) is 36.6 Å². The highest BCUT2D eigenvalue weighted by Crippen LogP contribution is 2.66. The van der Waals surface area contributed by atoms with E-state index in [1.54, 1.807) is 0 Å². The summed E-state index contributed by atoms with van der Waals surface area (Å²) in [6.45, 7) is -1.94. The number of anilines is 1. The minimum Gasteiger partial charge on any atom is -0.443 e. The number of aliphatic hydroxyl groups is 4. The highest BCUT2D eigenvalue weighted by molar-refractivity contribution is 7.66. The fourth-order valence-electron chi connectivity index (χ4n) is 3.97. The molecule has 4 rings (SSSR count). The fourth-order valence-corrected chi connectivity index (χ4v) is 7.34. The molecule has 0 spiro atoms. The maximum absolute atomic E-state index is 12.0. The molecule has 0 radical (unpaired) electrons. The third-order valence-electron chi connectivity index (χ3n) is 5.79. The first kappa shape index (κ1) is 36.3. The van der Waals surface area contributed by atoms with Crippen LogP contribution in [0.25, 0.3) is 11.2 Å². The molecule has 2 aliphatic heterocycles. The molecule has 45 heavy (non-hydrogen) atoms. The van der Waals surface area contributed by atoms with Crippen LogP contribution in [0.4, 0.5) is 5.95 Å². The second-order valence-electron chi connectivity index (χ2n) is 9.07. The van der Waals surface area contributed by atoms with Crippen molar-refractivity contribution in [2.75, 3.05) is 18.9 Å². The molecule has 0 amide bonds. The van der Waals surface area contributed by atoms with E-state index in [4.69, 9.17) is 39.5 Å². The number of nitrogen functional groups attached to an aromatic ring is 1. The quantitative estimate of drug-likeness (QED) is 0.0882. The first-order chi connectivity index (χ1) is 20.6. The summed E-state index contributed by atoms with van der Waals surface area (Å²) in [7, 11) is -22.0. The SMILES string of the molecule is Nc1nc(O[C@@H]2O[C@H](COP(=O)(O)O)[C@@H](O)[C@H]2O)c2ncn([C@@H]3O[C@H](COP(=O)(O)OP(=O)(O)OP(=O)(O)O)[C@@H](O)[C@H]3O)c2n1. The molecule has 0 saturated carbocycles. The summed E-state index contributed by atoms with van der Waals surface area (Å²) >= 11 is 0. The van der Waals surface area contributed by atoms with Gasteiger partial charge in [0.15, 0.2) is 17.4 Å². The maximum atomic E-state index is 12.0. The molecule has 0 bridgehead atoms. The Morgan fingerprint density at radius 2 is 1.38 bits per heavy atom. The van der Waals surface area contributed by atoms with Gasteiger partial charge in [0, 0.05) is 0 Å². The van der Waals surface area contributed by atoms with E-state index >= 15 is 0 Å². The first-order valence-electron chi connectivity index (χ1n) is 11.7. The molecule has 2 saturated heterocycles. The van der Waals surface area contributed by atoms with E-state index < -0.39 is 105 Å². The standard InChI is InChI=1S/C15H25N5O21P4/c16-15-18-11-6(12(19-15)39-14-10(24)8(22)5(38-14)1-35-42(25,26)27)17-3-20(11)13-9(23)7(21)4(37-13)2-36-44(31,32)41-45(33,34)40-43(28,29)30/h3-5,7-10,13-14,21-24H,1-2H2,(H,31,32)(H,33,34)(H2,16,18,19)(H2,25,26,27)(H2,28,29,30)/t4-,5-,7-,8-,9-,10-,13-,14+/m1/s1. The number of phosphoric ester groups is 2.